The minimum absolute atomic E-state index is 0.0154. The van der Waals surface area contributed by atoms with Crippen LogP contribution in [-0.4, -0.2) is 31.3 Å². The van der Waals surface area contributed by atoms with E-state index in [0.717, 1.165) is 68.3 Å². The molecule has 0 aliphatic heterocycles. The minimum atomic E-state index is -4.52. The fourth-order valence-corrected chi connectivity index (χ4v) is 3.78. The van der Waals surface area contributed by atoms with Crippen molar-refractivity contribution in [2.75, 3.05) is 13.6 Å². The van der Waals surface area contributed by atoms with Crippen molar-refractivity contribution in [3.8, 4) is 0 Å². The molecule has 166 valence electrons. The van der Waals surface area contributed by atoms with E-state index in [0.29, 0.717) is 5.92 Å². The number of benzene rings is 1. The molecule has 2 rings (SSSR count). The number of alkyl halides is 3. The Morgan fingerprint density at radius 1 is 1.27 bits per heavy atom. The zero-order valence-corrected chi connectivity index (χ0v) is 18.3. The summed E-state index contributed by atoms with van der Waals surface area (Å²) in [5.74, 6) is -0.0872. The van der Waals surface area contributed by atoms with E-state index < -0.39 is 17.6 Å². The van der Waals surface area contributed by atoms with Gasteiger partial charge in [0.05, 0.1) is 27.6 Å². The quantitative estimate of drug-likeness (QED) is 0.537. The maximum atomic E-state index is 12.9. The predicted octanol–water partition coefficient (Wildman–Crippen LogP) is 5.62. The third-order valence-corrected chi connectivity index (χ3v) is 5.76. The monoisotopic (exact) mass is 443 g/mol. The molecule has 30 heavy (non-hydrogen) atoms. The summed E-state index contributed by atoms with van der Waals surface area (Å²) in [6.07, 6.45) is 1.94. The zero-order chi connectivity index (χ0) is 22.3. The van der Waals surface area contributed by atoms with Gasteiger partial charge in [-0.05, 0) is 63.1 Å². The number of rotatable bonds is 7. The topological polar surface area (TPSA) is 53.5 Å². The second-order valence-electron chi connectivity index (χ2n) is 7.60. The standard InChI is InChI=1S/C22H29ClF3N3O/c1-4-5-20(14(2)27-3)28-13-15-6-9-17(10-7-15)29-21(30)18-12-16(22(24,25)26)8-11-19(18)23/h5,8,11-12,15,17,28H,4,6-7,9-10,13H2,1-3H3,(H,29,30)/b20-5+,27-14?. The summed E-state index contributed by atoms with van der Waals surface area (Å²) in [5.41, 5.74) is 0.998. The molecule has 1 fully saturated rings. The number of allylic oxidation sites excluding steroid dienone is 2. The highest BCUT2D eigenvalue weighted by Gasteiger charge is 2.32. The highest BCUT2D eigenvalue weighted by atomic mass is 35.5. The molecule has 2 N–H and O–H groups in total. The first-order valence-electron chi connectivity index (χ1n) is 10.2. The van der Waals surface area contributed by atoms with Crippen molar-refractivity contribution in [1.29, 1.82) is 0 Å². The molecule has 4 nitrogen and oxygen atoms in total. The summed E-state index contributed by atoms with van der Waals surface area (Å²) >= 11 is 5.96. The summed E-state index contributed by atoms with van der Waals surface area (Å²) in [5, 5.41) is 6.33. The van der Waals surface area contributed by atoms with Gasteiger partial charge >= 0.3 is 6.18 Å². The Labute approximate surface area is 181 Å². The van der Waals surface area contributed by atoms with Gasteiger partial charge in [0.25, 0.3) is 5.91 Å². The van der Waals surface area contributed by atoms with Gasteiger partial charge in [0, 0.05) is 19.6 Å². The van der Waals surface area contributed by atoms with E-state index in [4.69, 9.17) is 11.6 Å². The average molecular weight is 444 g/mol. The van der Waals surface area contributed by atoms with Gasteiger partial charge in [0.2, 0.25) is 0 Å². The summed E-state index contributed by atoms with van der Waals surface area (Å²) in [6, 6.07) is 2.74. The highest BCUT2D eigenvalue weighted by Crippen LogP contribution is 2.32. The number of hydrogen-bond acceptors (Lipinski definition) is 3. The van der Waals surface area contributed by atoms with Gasteiger partial charge < -0.3 is 10.6 Å². The van der Waals surface area contributed by atoms with Crippen LogP contribution >= 0.6 is 11.6 Å². The van der Waals surface area contributed by atoms with E-state index in [1.807, 2.05) is 6.92 Å². The van der Waals surface area contributed by atoms with Gasteiger partial charge in [-0.2, -0.15) is 13.2 Å². The van der Waals surface area contributed by atoms with Crippen molar-refractivity contribution >= 4 is 23.2 Å². The molecule has 0 unspecified atom stereocenters. The number of nitrogens with zero attached hydrogens (tertiary/aromatic N) is 1. The highest BCUT2D eigenvalue weighted by molar-refractivity contribution is 6.33. The molecule has 1 amide bonds. The lowest BCUT2D eigenvalue weighted by atomic mass is 9.85. The van der Waals surface area contributed by atoms with Gasteiger partial charge in [0.15, 0.2) is 0 Å². The van der Waals surface area contributed by atoms with Crippen LogP contribution in [-0.2, 0) is 6.18 Å². The van der Waals surface area contributed by atoms with Crippen LogP contribution < -0.4 is 10.6 Å². The molecule has 8 heteroatoms. The van der Waals surface area contributed by atoms with Crippen molar-refractivity contribution in [1.82, 2.24) is 10.6 Å². The Morgan fingerprint density at radius 2 is 1.93 bits per heavy atom. The molecule has 0 saturated heterocycles. The van der Waals surface area contributed by atoms with E-state index in [1.165, 1.54) is 0 Å². The Bertz CT molecular complexity index is 797. The maximum Gasteiger partial charge on any atom is 0.416 e. The zero-order valence-electron chi connectivity index (χ0n) is 17.6. The molecule has 0 heterocycles. The second-order valence-corrected chi connectivity index (χ2v) is 8.01. The van der Waals surface area contributed by atoms with Crippen LogP contribution in [0.25, 0.3) is 0 Å². The van der Waals surface area contributed by atoms with E-state index in [-0.39, 0.29) is 16.6 Å². The lowest BCUT2D eigenvalue weighted by Gasteiger charge is -2.30. The van der Waals surface area contributed by atoms with Crippen LogP contribution in [0.3, 0.4) is 0 Å². The second kappa shape index (κ2) is 10.8. The average Bonchev–Trinajstić information content (AvgIpc) is 2.71. The van der Waals surface area contributed by atoms with Crippen molar-refractivity contribution in [3.05, 3.63) is 46.1 Å². The lowest BCUT2D eigenvalue weighted by molar-refractivity contribution is -0.137. The normalized spacial score (nSPS) is 20.8. The SMILES string of the molecule is CC/C=C(/NCC1CCC(NC(=O)c2cc(C(F)(F)F)ccc2Cl)CC1)C(C)=NC. The van der Waals surface area contributed by atoms with E-state index in [1.54, 1.807) is 7.05 Å². The number of aliphatic imine (C=N–C) groups is 1. The van der Waals surface area contributed by atoms with Gasteiger partial charge in [-0.25, -0.2) is 0 Å². The third kappa shape index (κ3) is 6.76. The molecule has 1 aliphatic rings. The van der Waals surface area contributed by atoms with Crippen molar-refractivity contribution in [3.63, 3.8) is 0 Å². The number of amides is 1. The third-order valence-electron chi connectivity index (χ3n) is 5.43. The lowest BCUT2D eigenvalue weighted by Crippen LogP contribution is -2.39. The molecule has 1 aromatic carbocycles. The van der Waals surface area contributed by atoms with Crippen LogP contribution in [0.1, 0.15) is 61.9 Å². The Morgan fingerprint density at radius 3 is 2.50 bits per heavy atom. The first-order valence-corrected chi connectivity index (χ1v) is 10.6. The first-order chi connectivity index (χ1) is 14.2. The van der Waals surface area contributed by atoms with Gasteiger partial charge in [0.1, 0.15) is 0 Å². The van der Waals surface area contributed by atoms with E-state index in [9.17, 15) is 18.0 Å². The van der Waals surface area contributed by atoms with Crippen molar-refractivity contribution < 1.29 is 18.0 Å². The molecular formula is C22H29ClF3N3O. The molecule has 0 bridgehead atoms. The predicted molar refractivity (Wildman–Crippen MR) is 115 cm³/mol. The number of carbonyl (C=O) groups excluding carboxylic acids is 1. The van der Waals surface area contributed by atoms with Gasteiger partial charge in [-0.15, -0.1) is 0 Å². The molecule has 0 radical (unpaired) electrons. The van der Waals surface area contributed by atoms with Gasteiger partial charge in [-0.1, -0.05) is 24.6 Å². The Balaban J connectivity index is 1.89. The number of nitrogens with one attached hydrogen (secondary N) is 2. The Kier molecular flexibility index (Phi) is 8.77. The van der Waals surface area contributed by atoms with Crippen LogP contribution in [0, 0.1) is 5.92 Å². The number of halogens is 4. The van der Waals surface area contributed by atoms with Crippen molar-refractivity contribution in [2.24, 2.45) is 10.9 Å². The Hall–Kier alpha value is -2.02. The smallest absolute Gasteiger partial charge is 0.384 e. The molecule has 1 aliphatic carbocycles. The summed E-state index contributed by atoms with van der Waals surface area (Å²) in [6.45, 7) is 4.88. The molecule has 0 spiro atoms. The summed E-state index contributed by atoms with van der Waals surface area (Å²) in [7, 11) is 1.77. The largest absolute Gasteiger partial charge is 0.416 e. The molecule has 0 aromatic heterocycles. The van der Waals surface area contributed by atoms with E-state index in [2.05, 4.69) is 28.6 Å². The fourth-order valence-electron chi connectivity index (χ4n) is 3.58. The van der Waals surface area contributed by atoms with Crippen LogP contribution in [0.2, 0.25) is 5.02 Å². The number of carbonyl (C=O) groups is 1. The fraction of sp³-hybridized carbons (Fsp3) is 0.545. The van der Waals surface area contributed by atoms with Gasteiger partial charge in [-0.3, -0.25) is 9.79 Å². The van der Waals surface area contributed by atoms with Crippen molar-refractivity contribution in [2.45, 2.75) is 58.2 Å². The molecule has 1 aromatic rings. The maximum absolute atomic E-state index is 12.9. The van der Waals surface area contributed by atoms with E-state index >= 15 is 0 Å². The summed E-state index contributed by atoms with van der Waals surface area (Å²) in [4.78, 5) is 16.7. The van der Waals surface area contributed by atoms with Crippen LogP contribution in [0.5, 0.6) is 0 Å². The summed E-state index contributed by atoms with van der Waals surface area (Å²) < 4.78 is 38.8. The first kappa shape index (κ1) is 24.3. The minimum Gasteiger partial charge on any atom is -0.384 e. The number of hydrogen-bond donors (Lipinski definition) is 2. The molecule has 0 atom stereocenters. The van der Waals surface area contributed by atoms with Crippen LogP contribution in [0.4, 0.5) is 13.2 Å². The molecular weight excluding hydrogens is 415 g/mol. The van der Waals surface area contributed by atoms with Crippen LogP contribution in [0.15, 0.2) is 35.0 Å². The molecule has 1 saturated carbocycles.